The van der Waals surface area contributed by atoms with E-state index < -0.39 is 97.5 Å². The maximum Gasteiger partial charge on any atom is 0.472 e. The van der Waals surface area contributed by atoms with Crippen LogP contribution in [0.2, 0.25) is 0 Å². The number of hydrogen-bond acceptors (Lipinski definition) is 15. The molecule has 0 aliphatic carbocycles. The fourth-order valence-electron chi connectivity index (χ4n) is 10.3. The molecule has 3 N–H and O–H groups in total. The van der Waals surface area contributed by atoms with Crippen LogP contribution in [-0.4, -0.2) is 96.7 Å². The van der Waals surface area contributed by atoms with Crippen molar-refractivity contribution in [3.63, 3.8) is 0 Å². The molecular formula is C77H138O17P2. The van der Waals surface area contributed by atoms with E-state index in [1.807, 2.05) is 0 Å². The summed E-state index contributed by atoms with van der Waals surface area (Å²) in [5, 5.41) is 10.6. The van der Waals surface area contributed by atoms with E-state index in [2.05, 4.69) is 101 Å². The molecule has 0 aromatic heterocycles. The molecule has 17 nitrogen and oxygen atoms in total. The maximum absolute atomic E-state index is 13.1. The number of phosphoric ester groups is 2. The topological polar surface area (TPSA) is 237 Å². The predicted molar refractivity (Wildman–Crippen MR) is 390 cm³/mol. The third-order valence-electron chi connectivity index (χ3n) is 16.1. The van der Waals surface area contributed by atoms with Gasteiger partial charge in [-0.25, -0.2) is 9.13 Å². The first-order chi connectivity index (χ1) is 46.7. The number of allylic oxidation sites excluding steroid dienone is 12. The number of phosphoric acid groups is 2. The second kappa shape index (κ2) is 70.0. The Morgan fingerprint density at radius 1 is 0.302 bits per heavy atom. The summed E-state index contributed by atoms with van der Waals surface area (Å²) < 4.78 is 68.4. The highest BCUT2D eigenvalue weighted by Crippen LogP contribution is 2.45. The van der Waals surface area contributed by atoms with E-state index in [4.69, 9.17) is 37.0 Å². The van der Waals surface area contributed by atoms with Crippen molar-refractivity contribution in [3.05, 3.63) is 72.9 Å². The molecule has 0 aliphatic heterocycles. The van der Waals surface area contributed by atoms with Crippen molar-refractivity contribution < 1.29 is 80.2 Å². The SMILES string of the molecule is CC/C=C\C/C=C\C/C=C\CCCCCCCC(=O)OCC(COP(=O)(O)OCC(O)COP(=O)(O)OCC(COC(=O)CCCCCCC/C=C\CCCCCCCC)OC(=O)CCCCCCC/C=C\CCCCCCCC)OC(=O)CCCCCCC/C=C\CCCC. The van der Waals surface area contributed by atoms with Gasteiger partial charge in [-0.05, 0) is 128 Å². The number of carbonyl (C=O) groups excluding carboxylic acids is 4. The van der Waals surface area contributed by atoms with Crippen LogP contribution in [0.15, 0.2) is 72.9 Å². The van der Waals surface area contributed by atoms with Crippen LogP contribution < -0.4 is 0 Å². The highest BCUT2D eigenvalue weighted by Gasteiger charge is 2.30. The zero-order valence-electron chi connectivity index (χ0n) is 60.8. The minimum absolute atomic E-state index is 0.0821. The zero-order chi connectivity index (χ0) is 70.4. The van der Waals surface area contributed by atoms with Crippen LogP contribution >= 0.6 is 15.6 Å². The number of aliphatic hydroxyl groups excluding tert-OH is 1. The molecule has 0 aromatic rings. The third-order valence-corrected chi connectivity index (χ3v) is 18.0. The summed E-state index contributed by atoms with van der Waals surface area (Å²) in [6.45, 7) is 4.70. The molecule has 0 bridgehead atoms. The van der Waals surface area contributed by atoms with E-state index in [0.717, 1.165) is 167 Å². The molecule has 0 fully saturated rings. The zero-order valence-corrected chi connectivity index (χ0v) is 62.6. The van der Waals surface area contributed by atoms with Gasteiger partial charge >= 0.3 is 39.5 Å². The Morgan fingerprint density at radius 2 is 0.552 bits per heavy atom. The summed E-state index contributed by atoms with van der Waals surface area (Å²) in [7, 11) is -9.94. The Balaban J connectivity index is 5.33. The summed E-state index contributed by atoms with van der Waals surface area (Å²) in [6.07, 6.45) is 68.9. The minimum Gasteiger partial charge on any atom is -0.462 e. The van der Waals surface area contributed by atoms with E-state index in [1.165, 1.54) is 89.9 Å². The normalized spacial score (nSPS) is 14.4. The molecule has 19 heteroatoms. The summed E-state index contributed by atoms with van der Waals surface area (Å²) in [6, 6.07) is 0. The van der Waals surface area contributed by atoms with Crippen LogP contribution in [0.25, 0.3) is 0 Å². The fourth-order valence-corrected chi connectivity index (χ4v) is 11.8. The van der Waals surface area contributed by atoms with Gasteiger partial charge in [0, 0.05) is 25.7 Å². The van der Waals surface area contributed by atoms with Crippen molar-refractivity contribution in [2.45, 2.75) is 354 Å². The Bertz CT molecular complexity index is 2110. The van der Waals surface area contributed by atoms with Crippen LogP contribution in [0, 0.1) is 0 Å². The molecule has 558 valence electrons. The van der Waals surface area contributed by atoms with Gasteiger partial charge in [0.05, 0.1) is 26.4 Å². The quantitative estimate of drug-likeness (QED) is 0.0169. The number of ether oxygens (including phenoxy) is 4. The Kier molecular flexibility index (Phi) is 67.4. The smallest absolute Gasteiger partial charge is 0.462 e. The van der Waals surface area contributed by atoms with Gasteiger partial charge < -0.3 is 33.8 Å². The van der Waals surface area contributed by atoms with Crippen molar-refractivity contribution in [2.24, 2.45) is 0 Å². The minimum atomic E-state index is -4.97. The van der Waals surface area contributed by atoms with E-state index in [9.17, 15) is 43.2 Å². The van der Waals surface area contributed by atoms with Gasteiger partial charge in [-0.3, -0.25) is 37.3 Å². The molecule has 0 rings (SSSR count). The Hall–Kier alpha value is -3.50. The lowest BCUT2D eigenvalue weighted by molar-refractivity contribution is -0.161. The number of hydrogen-bond donors (Lipinski definition) is 3. The number of esters is 4. The molecule has 0 saturated carbocycles. The molecule has 96 heavy (non-hydrogen) atoms. The van der Waals surface area contributed by atoms with Crippen LogP contribution in [0.3, 0.4) is 0 Å². The van der Waals surface area contributed by atoms with Gasteiger partial charge in [0.15, 0.2) is 12.2 Å². The number of carbonyl (C=O) groups is 4. The highest BCUT2D eigenvalue weighted by molar-refractivity contribution is 7.47. The van der Waals surface area contributed by atoms with Crippen molar-refractivity contribution >= 4 is 39.5 Å². The van der Waals surface area contributed by atoms with E-state index in [-0.39, 0.29) is 25.7 Å². The highest BCUT2D eigenvalue weighted by atomic mass is 31.2. The summed E-state index contributed by atoms with van der Waals surface area (Å²) >= 11 is 0. The standard InChI is InChI=1S/C77H138O17P2/c1-5-9-13-17-21-25-29-32-35-38-42-45-49-53-57-61-74(79)87-67-72(93-76(81)63-59-55-51-47-41-28-24-20-16-12-8-4)69-91-95(83,84)89-65-71(78)66-90-96(85,86)92-70-73(94-77(82)64-60-56-52-48-44-40-37-34-31-27-23-19-15-11-7-3)68-88-75(80)62-58-54-50-46-43-39-36-33-30-26-22-18-14-10-6-2/h9,13,20-21,24-25,32-37,71-73,78H,5-8,10-12,14-19,22-23,26-31,38-70H2,1-4H3,(H,83,84)(H,85,86)/b13-9-,24-20-,25-21-,35-32-,36-33-,37-34-. The van der Waals surface area contributed by atoms with Crippen molar-refractivity contribution in [2.75, 3.05) is 39.6 Å². The van der Waals surface area contributed by atoms with Gasteiger partial charge in [-0.1, -0.05) is 255 Å². The lowest BCUT2D eigenvalue weighted by Crippen LogP contribution is -2.30. The molecule has 0 spiro atoms. The van der Waals surface area contributed by atoms with Crippen molar-refractivity contribution in [1.29, 1.82) is 0 Å². The van der Waals surface area contributed by atoms with E-state index in [0.29, 0.717) is 25.7 Å². The van der Waals surface area contributed by atoms with Crippen LogP contribution in [0.5, 0.6) is 0 Å². The largest absolute Gasteiger partial charge is 0.472 e. The second-order valence-electron chi connectivity index (χ2n) is 25.6. The molecule has 0 aliphatic rings. The molecule has 0 aromatic carbocycles. The maximum atomic E-state index is 13.1. The molecule has 5 atom stereocenters. The summed E-state index contributed by atoms with van der Waals surface area (Å²) in [5.74, 6) is -2.20. The van der Waals surface area contributed by atoms with Crippen molar-refractivity contribution in [3.8, 4) is 0 Å². The first-order valence-electron chi connectivity index (χ1n) is 38.2. The van der Waals surface area contributed by atoms with Crippen LogP contribution in [0.4, 0.5) is 0 Å². The van der Waals surface area contributed by atoms with E-state index in [1.54, 1.807) is 0 Å². The average molecular weight is 1400 g/mol. The lowest BCUT2D eigenvalue weighted by Gasteiger charge is -2.21. The fraction of sp³-hybridized carbons (Fsp3) is 0.792. The third kappa shape index (κ3) is 69.0. The summed E-state index contributed by atoms with van der Waals surface area (Å²) in [4.78, 5) is 72.8. The van der Waals surface area contributed by atoms with Crippen LogP contribution in [-0.2, 0) is 65.4 Å². The second-order valence-corrected chi connectivity index (χ2v) is 28.5. The van der Waals surface area contributed by atoms with Gasteiger partial charge in [-0.2, -0.15) is 0 Å². The lowest BCUT2D eigenvalue weighted by atomic mass is 10.1. The first kappa shape index (κ1) is 92.5. The van der Waals surface area contributed by atoms with Gasteiger partial charge in [0.25, 0.3) is 0 Å². The van der Waals surface area contributed by atoms with Crippen LogP contribution in [0.1, 0.15) is 336 Å². The molecule has 0 saturated heterocycles. The molecular weight excluding hydrogens is 1260 g/mol. The summed E-state index contributed by atoms with van der Waals surface area (Å²) in [5.41, 5.74) is 0. The van der Waals surface area contributed by atoms with Crippen molar-refractivity contribution in [1.82, 2.24) is 0 Å². The Morgan fingerprint density at radius 3 is 0.875 bits per heavy atom. The predicted octanol–water partition coefficient (Wildman–Crippen LogP) is 21.7. The monoisotopic (exact) mass is 1400 g/mol. The molecule has 0 radical (unpaired) electrons. The molecule has 0 heterocycles. The Labute approximate surface area is 583 Å². The van der Waals surface area contributed by atoms with Gasteiger partial charge in [0.2, 0.25) is 0 Å². The number of rotatable bonds is 72. The number of aliphatic hydroxyl groups is 1. The molecule has 5 unspecified atom stereocenters. The van der Waals surface area contributed by atoms with Gasteiger partial charge in [0.1, 0.15) is 19.3 Å². The number of unbranched alkanes of at least 4 members (excludes halogenated alkanes) is 34. The van der Waals surface area contributed by atoms with E-state index >= 15 is 0 Å². The van der Waals surface area contributed by atoms with Gasteiger partial charge in [-0.15, -0.1) is 0 Å². The molecule has 0 amide bonds. The first-order valence-corrected chi connectivity index (χ1v) is 41.2. The average Bonchev–Trinajstić information content (AvgIpc) is 1.11.